The maximum atomic E-state index is 14.3. The number of nitrogens with zero attached hydrogens (tertiary/aromatic N) is 2. The lowest BCUT2D eigenvalue weighted by atomic mass is 9.66. The summed E-state index contributed by atoms with van der Waals surface area (Å²) in [5.74, 6) is -0.212. The second-order valence-electron chi connectivity index (χ2n) is 12.5. The van der Waals surface area contributed by atoms with Crippen molar-refractivity contribution in [3.05, 3.63) is 106 Å². The highest BCUT2D eigenvalue weighted by Gasteiger charge is 2.47. The average Bonchev–Trinajstić information content (AvgIpc) is 3.03. The molecule has 1 aliphatic carbocycles. The summed E-state index contributed by atoms with van der Waals surface area (Å²) in [6.45, 7) is 3.23. The van der Waals surface area contributed by atoms with Gasteiger partial charge in [-0.2, -0.15) is 26.3 Å². The van der Waals surface area contributed by atoms with Crippen LogP contribution in [-0.4, -0.2) is 41.9 Å². The van der Waals surface area contributed by atoms with E-state index in [0.29, 0.717) is 30.9 Å². The highest BCUT2D eigenvalue weighted by Crippen LogP contribution is 2.45. The fourth-order valence-corrected chi connectivity index (χ4v) is 7.13. The summed E-state index contributed by atoms with van der Waals surface area (Å²) < 4.78 is 94.9. The molecule has 1 saturated carbocycles. The lowest BCUT2D eigenvalue weighted by Crippen LogP contribution is -2.51. The Kier molecular flexibility index (Phi) is 9.36. The SMILES string of the molecule is CC(c1cc(C(F)(F)F)cc(C(F)(F)F)c1)N(C)C(=O)C1(c2ccccc2)CCC(N2CCC(c3ccc(F)cc3)CC2)CC1. The molecule has 1 saturated heterocycles. The van der Waals surface area contributed by atoms with E-state index in [0.717, 1.165) is 49.9 Å². The molecule has 2 aliphatic rings. The normalized spacial score (nSPS) is 22.6. The summed E-state index contributed by atoms with van der Waals surface area (Å²) in [5.41, 5.74) is -2.06. The molecule has 1 aliphatic heterocycles. The number of carbonyl (C=O) groups excluding carboxylic acids is 1. The van der Waals surface area contributed by atoms with Crippen molar-refractivity contribution in [1.29, 1.82) is 0 Å². The van der Waals surface area contributed by atoms with Crippen LogP contribution in [0.25, 0.3) is 0 Å². The fraction of sp³-hybridized carbons (Fsp3) is 0.457. The largest absolute Gasteiger partial charge is 0.416 e. The van der Waals surface area contributed by atoms with E-state index in [1.807, 2.05) is 42.5 Å². The van der Waals surface area contributed by atoms with Gasteiger partial charge in [0.15, 0.2) is 0 Å². The number of hydrogen-bond donors (Lipinski definition) is 0. The van der Waals surface area contributed by atoms with Gasteiger partial charge in [-0.15, -0.1) is 0 Å². The summed E-state index contributed by atoms with van der Waals surface area (Å²) in [5, 5.41) is 0. The Bertz CT molecular complexity index is 1420. The number of carbonyl (C=O) groups is 1. The van der Waals surface area contributed by atoms with Crippen molar-refractivity contribution >= 4 is 5.91 Å². The number of likely N-dealkylation sites (tertiary alicyclic amines) is 1. The average molecular weight is 635 g/mol. The number of halogens is 7. The minimum absolute atomic E-state index is 0.104. The first kappa shape index (κ1) is 33.0. The van der Waals surface area contributed by atoms with Gasteiger partial charge < -0.3 is 9.80 Å². The minimum Gasteiger partial charge on any atom is -0.338 e. The van der Waals surface area contributed by atoms with Crippen LogP contribution in [-0.2, 0) is 22.6 Å². The fourth-order valence-electron chi connectivity index (χ4n) is 7.13. The van der Waals surface area contributed by atoms with Gasteiger partial charge in [-0.1, -0.05) is 42.5 Å². The van der Waals surface area contributed by atoms with E-state index < -0.39 is 34.9 Å². The summed E-state index contributed by atoms with van der Waals surface area (Å²) in [4.78, 5) is 18.1. The Morgan fingerprint density at radius 2 is 1.36 bits per heavy atom. The van der Waals surface area contributed by atoms with Gasteiger partial charge in [-0.05, 0) is 111 Å². The zero-order valence-electron chi connectivity index (χ0n) is 25.3. The first-order valence-corrected chi connectivity index (χ1v) is 15.3. The molecule has 3 aromatic rings. The summed E-state index contributed by atoms with van der Waals surface area (Å²) in [6.07, 6.45) is -5.59. The maximum Gasteiger partial charge on any atom is 0.416 e. The van der Waals surface area contributed by atoms with Gasteiger partial charge in [0.2, 0.25) is 5.91 Å². The first-order chi connectivity index (χ1) is 21.2. The van der Waals surface area contributed by atoms with E-state index in [-0.39, 0.29) is 29.4 Å². The molecular weight excluding hydrogens is 597 g/mol. The van der Waals surface area contributed by atoms with Crippen molar-refractivity contribution < 1.29 is 35.5 Å². The van der Waals surface area contributed by atoms with Crippen LogP contribution in [0.15, 0.2) is 72.8 Å². The van der Waals surface area contributed by atoms with Gasteiger partial charge in [0, 0.05) is 13.1 Å². The highest BCUT2D eigenvalue weighted by molar-refractivity contribution is 5.88. The van der Waals surface area contributed by atoms with E-state index in [4.69, 9.17) is 0 Å². The summed E-state index contributed by atoms with van der Waals surface area (Å²) in [6, 6.07) is 16.6. The second-order valence-corrected chi connectivity index (χ2v) is 12.5. The van der Waals surface area contributed by atoms with Crippen molar-refractivity contribution in [1.82, 2.24) is 9.80 Å². The number of likely N-dealkylation sites (N-methyl/N-ethyl adjacent to an activating group) is 1. The summed E-state index contributed by atoms with van der Waals surface area (Å²) >= 11 is 0. The van der Waals surface area contributed by atoms with Gasteiger partial charge in [0.05, 0.1) is 22.6 Å². The minimum atomic E-state index is -4.98. The highest BCUT2D eigenvalue weighted by atomic mass is 19.4. The zero-order valence-corrected chi connectivity index (χ0v) is 25.3. The Balaban J connectivity index is 1.34. The standard InChI is InChI=1S/C35H37F7N2O/c1-23(26-20-28(34(37,38)39)22-29(21-26)35(40,41)42)43(2)32(45)33(27-6-4-3-5-7-27)16-12-31(13-17-33)44-18-14-25(15-19-44)24-8-10-30(36)11-9-24/h3-11,20-23,25,31H,12-19H2,1-2H3. The first-order valence-electron chi connectivity index (χ1n) is 15.3. The number of amides is 1. The van der Waals surface area contributed by atoms with Gasteiger partial charge >= 0.3 is 12.4 Å². The quantitative estimate of drug-likeness (QED) is 0.253. The molecule has 2 fully saturated rings. The van der Waals surface area contributed by atoms with Crippen LogP contribution in [0.3, 0.4) is 0 Å². The molecule has 0 spiro atoms. The molecule has 3 aromatic carbocycles. The van der Waals surface area contributed by atoms with Crippen LogP contribution in [0, 0.1) is 5.82 Å². The maximum absolute atomic E-state index is 14.3. The second kappa shape index (κ2) is 12.8. The molecule has 0 N–H and O–H groups in total. The zero-order chi connectivity index (χ0) is 32.6. The molecule has 3 nitrogen and oxygen atoms in total. The van der Waals surface area contributed by atoms with Gasteiger partial charge in [0.25, 0.3) is 0 Å². The van der Waals surface area contributed by atoms with Crippen LogP contribution < -0.4 is 0 Å². The third-order valence-electron chi connectivity index (χ3n) is 9.93. The number of alkyl halides is 6. The molecule has 242 valence electrons. The Morgan fingerprint density at radius 3 is 1.87 bits per heavy atom. The van der Waals surface area contributed by atoms with Crippen LogP contribution in [0.1, 0.15) is 85.2 Å². The van der Waals surface area contributed by atoms with E-state index in [1.165, 1.54) is 31.0 Å². The lowest BCUT2D eigenvalue weighted by Gasteiger charge is -2.46. The number of piperidine rings is 1. The van der Waals surface area contributed by atoms with Crippen LogP contribution in [0.5, 0.6) is 0 Å². The predicted octanol–water partition coefficient (Wildman–Crippen LogP) is 9.14. The van der Waals surface area contributed by atoms with Crippen molar-refractivity contribution in [3.8, 4) is 0 Å². The molecule has 0 aromatic heterocycles. The van der Waals surface area contributed by atoms with E-state index >= 15 is 0 Å². The molecule has 45 heavy (non-hydrogen) atoms. The molecule has 5 rings (SSSR count). The monoisotopic (exact) mass is 634 g/mol. The smallest absolute Gasteiger partial charge is 0.338 e. The van der Waals surface area contributed by atoms with Crippen molar-refractivity contribution in [2.75, 3.05) is 20.1 Å². The van der Waals surface area contributed by atoms with Crippen LogP contribution in [0.4, 0.5) is 30.7 Å². The Labute approximate surface area is 259 Å². The number of hydrogen-bond acceptors (Lipinski definition) is 2. The van der Waals surface area contributed by atoms with Crippen LogP contribution in [0.2, 0.25) is 0 Å². The van der Waals surface area contributed by atoms with Crippen molar-refractivity contribution in [3.63, 3.8) is 0 Å². The molecule has 10 heteroatoms. The molecule has 1 atom stereocenters. The molecule has 0 radical (unpaired) electrons. The van der Waals surface area contributed by atoms with E-state index in [9.17, 15) is 35.5 Å². The van der Waals surface area contributed by atoms with E-state index in [1.54, 1.807) is 0 Å². The molecule has 0 bridgehead atoms. The third-order valence-corrected chi connectivity index (χ3v) is 9.93. The van der Waals surface area contributed by atoms with Crippen molar-refractivity contribution in [2.45, 2.75) is 81.2 Å². The molecule has 1 amide bonds. The van der Waals surface area contributed by atoms with E-state index in [2.05, 4.69) is 4.90 Å². The Morgan fingerprint density at radius 1 is 0.822 bits per heavy atom. The number of rotatable bonds is 6. The van der Waals surface area contributed by atoms with Crippen molar-refractivity contribution in [2.24, 2.45) is 0 Å². The number of benzene rings is 3. The summed E-state index contributed by atoms with van der Waals surface area (Å²) in [7, 11) is 1.46. The van der Waals surface area contributed by atoms with Gasteiger partial charge in [-0.3, -0.25) is 4.79 Å². The molecule has 1 unspecified atom stereocenters. The third kappa shape index (κ3) is 7.05. The Hall–Kier alpha value is -3.40. The van der Waals surface area contributed by atoms with Gasteiger partial charge in [0.1, 0.15) is 5.82 Å². The topological polar surface area (TPSA) is 23.6 Å². The van der Waals surface area contributed by atoms with Gasteiger partial charge in [-0.25, -0.2) is 4.39 Å². The predicted molar refractivity (Wildman–Crippen MR) is 158 cm³/mol. The van der Waals surface area contributed by atoms with Crippen LogP contribution >= 0.6 is 0 Å². The molecular formula is C35H37F7N2O. The lowest BCUT2D eigenvalue weighted by molar-refractivity contribution is -0.143. The molecule has 1 heterocycles.